The first-order valence-electron chi connectivity index (χ1n) is 11.7. The Morgan fingerprint density at radius 1 is 1.03 bits per heavy atom. The number of piperidine rings is 3. The van der Waals surface area contributed by atoms with Gasteiger partial charge in [-0.1, -0.05) is 30.3 Å². The molecule has 1 saturated carbocycles. The molecule has 162 valence electrons. The van der Waals surface area contributed by atoms with Gasteiger partial charge in [-0.2, -0.15) is 0 Å². The van der Waals surface area contributed by atoms with Crippen molar-refractivity contribution in [3.63, 3.8) is 0 Å². The van der Waals surface area contributed by atoms with Crippen LogP contribution < -0.4 is 0 Å². The molecule has 5 aliphatic rings. The summed E-state index contributed by atoms with van der Waals surface area (Å²) >= 11 is 0. The summed E-state index contributed by atoms with van der Waals surface area (Å²) in [7, 11) is 0. The molecule has 31 heavy (non-hydrogen) atoms. The SMILES string of the molecule is O=C(O)N(C1CN2CCC1CC2)[C@@H]1c2ccc(-c3ccc(F)cc3)cc2CCC12CC2. The van der Waals surface area contributed by atoms with Gasteiger partial charge < -0.3 is 10.0 Å². The molecule has 7 rings (SSSR count). The lowest BCUT2D eigenvalue weighted by Crippen LogP contribution is -2.60. The van der Waals surface area contributed by atoms with E-state index in [4.69, 9.17) is 0 Å². The van der Waals surface area contributed by atoms with E-state index in [1.54, 1.807) is 0 Å². The minimum atomic E-state index is -0.759. The van der Waals surface area contributed by atoms with Crippen molar-refractivity contribution in [2.24, 2.45) is 11.3 Å². The Morgan fingerprint density at radius 2 is 1.74 bits per heavy atom. The Morgan fingerprint density at radius 3 is 2.35 bits per heavy atom. The summed E-state index contributed by atoms with van der Waals surface area (Å²) in [5.41, 5.74) is 4.66. The highest BCUT2D eigenvalue weighted by atomic mass is 19.1. The Balaban J connectivity index is 1.40. The van der Waals surface area contributed by atoms with E-state index in [0.29, 0.717) is 5.92 Å². The average Bonchev–Trinajstić information content (AvgIpc) is 3.57. The molecule has 2 bridgehead atoms. The Hall–Kier alpha value is -2.40. The molecule has 2 aromatic carbocycles. The van der Waals surface area contributed by atoms with Crippen molar-refractivity contribution in [2.45, 2.75) is 50.6 Å². The number of amides is 1. The third kappa shape index (κ3) is 3.16. The van der Waals surface area contributed by atoms with Crippen molar-refractivity contribution >= 4 is 6.09 Å². The predicted octanol–water partition coefficient (Wildman–Crippen LogP) is 5.33. The first kappa shape index (κ1) is 19.3. The largest absolute Gasteiger partial charge is 0.465 e. The maximum atomic E-state index is 13.4. The zero-order valence-electron chi connectivity index (χ0n) is 17.8. The van der Waals surface area contributed by atoms with Gasteiger partial charge in [0.2, 0.25) is 0 Å². The third-order valence-electron chi connectivity index (χ3n) is 8.46. The molecule has 0 radical (unpaired) electrons. The maximum absolute atomic E-state index is 13.4. The second-order valence-electron chi connectivity index (χ2n) is 10.1. The minimum Gasteiger partial charge on any atom is -0.465 e. The summed E-state index contributed by atoms with van der Waals surface area (Å²) in [6, 6.07) is 13.2. The lowest BCUT2D eigenvalue weighted by molar-refractivity contribution is -0.0243. The number of rotatable bonds is 3. The van der Waals surface area contributed by atoms with E-state index in [1.165, 1.54) is 23.3 Å². The molecule has 3 saturated heterocycles. The Kier molecular flexibility index (Phi) is 4.39. The van der Waals surface area contributed by atoms with E-state index in [2.05, 4.69) is 23.1 Å². The number of carbonyl (C=O) groups is 1. The van der Waals surface area contributed by atoms with Gasteiger partial charge in [-0.05, 0) is 97.3 Å². The van der Waals surface area contributed by atoms with Gasteiger partial charge in [-0.25, -0.2) is 9.18 Å². The van der Waals surface area contributed by atoms with Crippen molar-refractivity contribution in [2.75, 3.05) is 19.6 Å². The molecular weight excluding hydrogens is 391 g/mol. The van der Waals surface area contributed by atoms with Crippen molar-refractivity contribution < 1.29 is 14.3 Å². The summed E-state index contributed by atoms with van der Waals surface area (Å²) in [5, 5.41) is 10.4. The lowest BCUT2D eigenvalue weighted by Gasteiger charge is -2.52. The van der Waals surface area contributed by atoms with Crippen LogP contribution in [0.4, 0.5) is 9.18 Å². The van der Waals surface area contributed by atoms with E-state index >= 15 is 0 Å². The average molecular weight is 421 g/mol. The number of fused-ring (bicyclic) bond motifs is 4. The number of hydrogen-bond acceptors (Lipinski definition) is 2. The van der Waals surface area contributed by atoms with Crippen LogP contribution in [0.2, 0.25) is 0 Å². The van der Waals surface area contributed by atoms with E-state index in [0.717, 1.165) is 69.3 Å². The Bertz CT molecular complexity index is 1010. The van der Waals surface area contributed by atoms with E-state index in [1.807, 2.05) is 17.0 Å². The molecule has 3 heterocycles. The zero-order chi connectivity index (χ0) is 21.2. The summed E-state index contributed by atoms with van der Waals surface area (Å²) < 4.78 is 13.4. The molecule has 4 nitrogen and oxygen atoms in total. The molecule has 2 aromatic rings. The van der Waals surface area contributed by atoms with E-state index in [9.17, 15) is 14.3 Å². The number of aryl methyl sites for hydroxylation is 1. The molecular formula is C26H29FN2O2. The summed E-state index contributed by atoms with van der Waals surface area (Å²) in [5.74, 6) is 0.257. The highest BCUT2D eigenvalue weighted by Crippen LogP contribution is 2.63. The quantitative estimate of drug-likeness (QED) is 0.729. The second-order valence-corrected chi connectivity index (χ2v) is 10.1. The van der Waals surface area contributed by atoms with E-state index < -0.39 is 6.09 Å². The predicted molar refractivity (Wildman–Crippen MR) is 117 cm³/mol. The van der Waals surface area contributed by atoms with Gasteiger partial charge in [0.1, 0.15) is 5.82 Å². The molecule has 4 fully saturated rings. The third-order valence-corrected chi connectivity index (χ3v) is 8.46. The maximum Gasteiger partial charge on any atom is 0.408 e. The number of halogens is 1. The normalized spacial score (nSPS) is 30.1. The zero-order valence-corrected chi connectivity index (χ0v) is 17.8. The van der Waals surface area contributed by atoms with Gasteiger partial charge in [0.05, 0.1) is 12.1 Å². The van der Waals surface area contributed by atoms with Crippen LogP contribution in [-0.2, 0) is 6.42 Å². The van der Waals surface area contributed by atoms with Crippen LogP contribution in [0.5, 0.6) is 0 Å². The molecule has 1 unspecified atom stereocenters. The lowest BCUT2D eigenvalue weighted by atomic mass is 9.73. The monoisotopic (exact) mass is 420 g/mol. The molecule has 1 amide bonds. The highest BCUT2D eigenvalue weighted by molar-refractivity contribution is 5.69. The fourth-order valence-electron chi connectivity index (χ4n) is 6.58. The Labute approximate surface area is 182 Å². The van der Waals surface area contributed by atoms with Gasteiger partial charge >= 0.3 is 6.09 Å². The molecule has 1 spiro atoms. The van der Waals surface area contributed by atoms with Crippen LogP contribution in [0.3, 0.4) is 0 Å². The molecule has 3 aliphatic heterocycles. The summed E-state index contributed by atoms with van der Waals surface area (Å²) in [6.07, 6.45) is 5.78. The van der Waals surface area contributed by atoms with Crippen LogP contribution in [-0.4, -0.2) is 46.7 Å². The smallest absolute Gasteiger partial charge is 0.408 e. The number of hydrogen-bond donors (Lipinski definition) is 1. The van der Waals surface area contributed by atoms with Crippen LogP contribution in [0.15, 0.2) is 42.5 Å². The van der Waals surface area contributed by atoms with Crippen molar-refractivity contribution in [1.82, 2.24) is 9.80 Å². The molecule has 1 N–H and O–H groups in total. The summed E-state index contributed by atoms with van der Waals surface area (Å²) in [4.78, 5) is 17.0. The number of carboxylic acid groups (broad SMARTS) is 1. The molecule has 2 aliphatic carbocycles. The van der Waals surface area contributed by atoms with Crippen molar-refractivity contribution in [1.29, 1.82) is 0 Å². The second kappa shape index (κ2) is 7.06. The van der Waals surface area contributed by atoms with Gasteiger partial charge in [0, 0.05) is 6.54 Å². The minimum absolute atomic E-state index is 0.0402. The van der Waals surface area contributed by atoms with Crippen LogP contribution >= 0.6 is 0 Å². The first-order chi connectivity index (χ1) is 15.0. The van der Waals surface area contributed by atoms with Crippen molar-refractivity contribution in [3.8, 4) is 11.1 Å². The topological polar surface area (TPSA) is 43.8 Å². The van der Waals surface area contributed by atoms with Gasteiger partial charge in [-0.3, -0.25) is 4.90 Å². The van der Waals surface area contributed by atoms with Crippen LogP contribution in [0, 0.1) is 17.2 Å². The standard InChI is InChI=1S/C26H29FN2O2/c27-21-4-1-17(2-5-21)19-3-6-22-20(15-19)7-10-26(11-12-26)24(22)29(25(30)31)23-16-28-13-8-18(23)9-14-28/h1-6,15,18,23-24H,7-14,16H2,(H,30,31)/t23?,24-/m1/s1. The summed E-state index contributed by atoms with van der Waals surface area (Å²) in [6.45, 7) is 3.11. The van der Waals surface area contributed by atoms with Gasteiger partial charge in [0.25, 0.3) is 0 Å². The first-order valence-corrected chi connectivity index (χ1v) is 11.7. The fourth-order valence-corrected chi connectivity index (χ4v) is 6.58. The molecule has 0 aromatic heterocycles. The molecule has 5 heteroatoms. The fraction of sp³-hybridized carbons (Fsp3) is 0.500. The van der Waals surface area contributed by atoms with Crippen LogP contribution in [0.25, 0.3) is 11.1 Å². The van der Waals surface area contributed by atoms with Gasteiger partial charge in [-0.15, -0.1) is 0 Å². The van der Waals surface area contributed by atoms with Crippen molar-refractivity contribution in [3.05, 3.63) is 59.4 Å². The van der Waals surface area contributed by atoms with Gasteiger partial charge in [0.15, 0.2) is 0 Å². The van der Waals surface area contributed by atoms with E-state index in [-0.39, 0.29) is 23.3 Å². The molecule has 2 atom stereocenters. The number of benzene rings is 2. The number of nitrogens with zero attached hydrogens (tertiary/aromatic N) is 2. The van der Waals surface area contributed by atoms with Crippen LogP contribution in [0.1, 0.15) is 49.3 Å². The highest BCUT2D eigenvalue weighted by Gasteiger charge is 2.57.